The fraction of sp³-hybridized carbons (Fsp3) is 0.483. The SMILES string of the molecule is COc1ccc(C2=NN(Cc3ccc(NC(=O)CN(C(C)C)C(C)C)cc3)C(=O)CC2)cc1OC(C)C. The van der Waals surface area contributed by atoms with E-state index < -0.39 is 0 Å². The molecule has 200 valence electrons. The number of carbonyl (C=O) groups excluding carboxylic acids is 2. The number of benzene rings is 2. The quantitative estimate of drug-likeness (QED) is 0.458. The van der Waals surface area contributed by atoms with Crippen molar-refractivity contribution in [1.82, 2.24) is 9.91 Å². The van der Waals surface area contributed by atoms with Crippen LogP contribution in [0.4, 0.5) is 5.69 Å². The number of hydrogen-bond donors (Lipinski definition) is 1. The minimum atomic E-state index is -0.0455. The summed E-state index contributed by atoms with van der Waals surface area (Å²) in [6.45, 7) is 13.0. The standard InChI is InChI=1S/C29H40N4O4/c1-19(2)32(20(3)4)18-28(34)30-24-11-8-22(9-12-24)17-33-29(35)15-13-25(31-33)23-10-14-26(36-7)27(16-23)37-21(5)6/h8-12,14,16,19-21H,13,15,17-18H2,1-7H3,(H,30,34). The molecule has 0 fully saturated rings. The average molecular weight is 509 g/mol. The molecule has 0 saturated carbocycles. The predicted molar refractivity (Wildman–Crippen MR) is 147 cm³/mol. The van der Waals surface area contributed by atoms with Gasteiger partial charge in [-0.1, -0.05) is 12.1 Å². The number of carbonyl (C=O) groups is 2. The molecule has 37 heavy (non-hydrogen) atoms. The van der Waals surface area contributed by atoms with E-state index in [9.17, 15) is 9.59 Å². The van der Waals surface area contributed by atoms with Gasteiger partial charge in [-0.05, 0) is 77.4 Å². The summed E-state index contributed by atoms with van der Waals surface area (Å²) in [6, 6.07) is 13.8. The Morgan fingerprint density at radius 1 is 1.00 bits per heavy atom. The van der Waals surface area contributed by atoms with Crippen LogP contribution in [-0.2, 0) is 16.1 Å². The lowest BCUT2D eigenvalue weighted by Gasteiger charge is -2.29. The Kier molecular flexibility index (Phi) is 9.69. The summed E-state index contributed by atoms with van der Waals surface area (Å²) in [5.74, 6) is 1.26. The van der Waals surface area contributed by atoms with Crippen molar-refractivity contribution in [2.45, 2.75) is 79.1 Å². The van der Waals surface area contributed by atoms with E-state index in [-0.39, 0.29) is 30.0 Å². The first kappa shape index (κ1) is 28.2. The highest BCUT2D eigenvalue weighted by Gasteiger charge is 2.23. The zero-order chi connectivity index (χ0) is 27.1. The van der Waals surface area contributed by atoms with E-state index in [1.54, 1.807) is 7.11 Å². The molecule has 0 radical (unpaired) electrons. The highest BCUT2D eigenvalue weighted by atomic mass is 16.5. The van der Waals surface area contributed by atoms with Gasteiger partial charge < -0.3 is 14.8 Å². The Morgan fingerprint density at radius 2 is 1.68 bits per heavy atom. The van der Waals surface area contributed by atoms with E-state index in [0.717, 1.165) is 22.5 Å². The van der Waals surface area contributed by atoms with Gasteiger partial charge in [-0.25, -0.2) is 5.01 Å². The summed E-state index contributed by atoms with van der Waals surface area (Å²) in [6.07, 6.45) is 0.964. The lowest BCUT2D eigenvalue weighted by molar-refractivity contribution is -0.132. The van der Waals surface area contributed by atoms with Crippen LogP contribution < -0.4 is 14.8 Å². The number of nitrogens with zero attached hydrogens (tertiary/aromatic N) is 3. The molecule has 3 rings (SSSR count). The van der Waals surface area contributed by atoms with Crippen molar-refractivity contribution in [3.8, 4) is 11.5 Å². The lowest BCUT2D eigenvalue weighted by Crippen LogP contribution is -2.42. The molecule has 2 aromatic carbocycles. The fourth-order valence-corrected chi connectivity index (χ4v) is 4.33. The zero-order valence-corrected chi connectivity index (χ0v) is 23.1. The van der Waals surface area contributed by atoms with Crippen molar-refractivity contribution in [1.29, 1.82) is 0 Å². The van der Waals surface area contributed by atoms with Gasteiger partial charge in [0.15, 0.2) is 11.5 Å². The molecule has 8 heteroatoms. The zero-order valence-electron chi connectivity index (χ0n) is 23.1. The molecule has 1 aliphatic heterocycles. The Morgan fingerprint density at radius 3 is 2.27 bits per heavy atom. The number of hydrazone groups is 1. The van der Waals surface area contributed by atoms with Gasteiger partial charge in [0.05, 0.1) is 32.0 Å². The topological polar surface area (TPSA) is 83.5 Å². The fourth-order valence-electron chi connectivity index (χ4n) is 4.33. The summed E-state index contributed by atoms with van der Waals surface area (Å²) < 4.78 is 11.3. The van der Waals surface area contributed by atoms with Crippen LogP contribution >= 0.6 is 0 Å². The molecule has 1 aliphatic rings. The number of methoxy groups -OCH3 is 1. The van der Waals surface area contributed by atoms with E-state index in [1.807, 2.05) is 56.3 Å². The van der Waals surface area contributed by atoms with Gasteiger partial charge in [0.1, 0.15) is 0 Å². The lowest BCUT2D eigenvalue weighted by atomic mass is 10.0. The average Bonchev–Trinajstić information content (AvgIpc) is 2.84. The number of anilines is 1. The van der Waals surface area contributed by atoms with Gasteiger partial charge in [-0.3, -0.25) is 14.5 Å². The Hall–Kier alpha value is -3.39. The van der Waals surface area contributed by atoms with Gasteiger partial charge in [-0.2, -0.15) is 5.10 Å². The normalized spacial score (nSPS) is 14.0. The first-order valence-electron chi connectivity index (χ1n) is 12.9. The summed E-state index contributed by atoms with van der Waals surface area (Å²) in [7, 11) is 1.61. The maximum atomic E-state index is 12.6. The number of hydrogen-bond acceptors (Lipinski definition) is 6. The summed E-state index contributed by atoms with van der Waals surface area (Å²) in [5, 5.41) is 9.15. The third-order valence-electron chi connectivity index (χ3n) is 6.19. The minimum absolute atomic E-state index is 0.00706. The van der Waals surface area contributed by atoms with Gasteiger partial charge >= 0.3 is 0 Å². The van der Waals surface area contributed by atoms with Crippen molar-refractivity contribution >= 4 is 23.2 Å². The maximum Gasteiger partial charge on any atom is 0.243 e. The number of nitrogens with one attached hydrogen (secondary N) is 1. The van der Waals surface area contributed by atoms with E-state index in [1.165, 1.54) is 5.01 Å². The molecule has 2 amide bonds. The third kappa shape index (κ3) is 7.79. The van der Waals surface area contributed by atoms with Gasteiger partial charge in [-0.15, -0.1) is 0 Å². The molecule has 0 spiro atoms. The number of rotatable bonds is 11. The number of ether oxygens (including phenoxy) is 2. The van der Waals surface area contributed by atoms with Crippen LogP contribution in [0.3, 0.4) is 0 Å². The Balaban J connectivity index is 1.69. The molecule has 1 heterocycles. The molecule has 1 N–H and O–H groups in total. The van der Waals surface area contributed by atoms with Gasteiger partial charge in [0.2, 0.25) is 11.8 Å². The van der Waals surface area contributed by atoms with Gasteiger partial charge in [0.25, 0.3) is 0 Å². The van der Waals surface area contributed by atoms with Crippen LogP contribution in [0.15, 0.2) is 47.6 Å². The summed E-state index contributed by atoms with van der Waals surface area (Å²) in [5.41, 5.74) is 3.40. The molecular formula is C29H40N4O4. The van der Waals surface area contributed by atoms with Crippen LogP contribution in [0, 0.1) is 0 Å². The molecule has 0 unspecified atom stereocenters. The predicted octanol–water partition coefficient (Wildman–Crippen LogP) is 5.07. The van der Waals surface area contributed by atoms with Crippen LogP contribution in [0.2, 0.25) is 0 Å². The highest BCUT2D eigenvalue weighted by molar-refractivity contribution is 6.04. The minimum Gasteiger partial charge on any atom is -0.493 e. The van der Waals surface area contributed by atoms with Crippen molar-refractivity contribution in [2.24, 2.45) is 5.10 Å². The highest BCUT2D eigenvalue weighted by Crippen LogP contribution is 2.30. The second kappa shape index (κ2) is 12.7. The molecular weight excluding hydrogens is 468 g/mol. The first-order valence-corrected chi connectivity index (χ1v) is 12.9. The Bertz CT molecular complexity index is 1100. The second-order valence-electron chi connectivity index (χ2n) is 10.1. The molecule has 0 saturated heterocycles. The Labute approximate surface area is 220 Å². The molecule has 0 atom stereocenters. The largest absolute Gasteiger partial charge is 0.493 e. The van der Waals surface area contributed by atoms with Crippen molar-refractivity contribution in [3.63, 3.8) is 0 Å². The second-order valence-corrected chi connectivity index (χ2v) is 10.1. The van der Waals surface area contributed by atoms with Crippen molar-refractivity contribution in [3.05, 3.63) is 53.6 Å². The molecule has 0 aromatic heterocycles. The monoisotopic (exact) mass is 508 g/mol. The summed E-state index contributed by atoms with van der Waals surface area (Å²) >= 11 is 0. The smallest absolute Gasteiger partial charge is 0.243 e. The molecule has 8 nitrogen and oxygen atoms in total. The van der Waals surface area contributed by atoms with Crippen LogP contribution in [0.5, 0.6) is 11.5 Å². The first-order chi connectivity index (χ1) is 17.6. The molecule has 0 bridgehead atoms. The maximum absolute atomic E-state index is 12.6. The molecule has 0 aliphatic carbocycles. The van der Waals surface area contributed by atoms with E-state index in [4.69, 9.17) is 9.47 Å². The van der Waals surface area contributed by atoms with Crippen LogP contribution in [0.25, 0.3) is 0 Å². The molecule has 2 aromatic rings. The van der Waals surface area contributed by atoms with E-state index >= 15 is 0 Å². The van der Waals surface area contributed by atoms with Crippen LogP contribution in [0.1, 0.15) is 65.5 Å². The number of amides is 2. The summed E-state index contributed by atoms with van der Waals surface area (Å²) in [4.78, 5) is 27.3. The van der Waals surface area contributed by atoms with Crippen molar-refractivity contribution < 1.29 is 19.1 Å². The van der Waals surface area contributed by atoms with Crippen molar-refractivity contribution in [2.75, 3.05) is 19.0 Å². The third-order valence-corrected chi connectivity index (χ3v) is 6.19. The van der Waals surface area contributed by atoms with E-state index in [2.05, 4.69) is 43.0 Å². The van der Waals surface area contributed by atoms with Gasteiger partial charge in [0, 0.05) is 36.2 Å². The van der Waals surface area contributed by atoms with E-state index in [0.29, 0.717) is 37.4 Å². The van der Waals surface area contributed by atoms with Crippen LogP contribution in [-0.4, -0.2) is 59.3 Å².